The van der Waals surface area contributed by atoms with Gasteiger partial charge < -0.3 is 9.64 Å². The lowest BCUT2D eigenvalue weighted by atomic mass is 10.0. The summed E-state index contributed by atoms with van der Waals surface area (Å²) in [7, 11) is 1.71. The van der Waals surface area contributed by atoms with Gasteiger partial charge in [-0.3, -0.25) is 0 Å². The smallest absolute Gasteiger partial charge is 0.119 e. The van der Waals surface area contributed by atoms with E-state index in [0.29, 0.717) is 12.5 Å². The van der Waals surface area contributed by atoms with E-state index >= 15 is 0 Å². The zero-order valence-electron chi connectivity index (χ0n) is 11.6. The van der Waals surface area contributed by atoms with Gasteiger partial charge in [-0.1, -0.05) is 12.1 Å². The van der Waals surface area contributed by atoms with Gasteiger partial charge in [0.15, 0.2) is 0 Å². The molecule has 0 amide bonds. The Bertz CT molecular complexity index is 439. The number of rotatable bonds is 6. The Morgan fingerprint density at radius 3 is 3.16 bits per heavy atom. The summed E-state index contributed by atoms with van der Waals surface area (Å²) in [4.78, 5) is 2.54. The first-order chi connectivity index (χ1) is 9.33. The zero-order valence-corrected chi connectivity index (χ0v) is 11.6. The van der Waals surface area contributed by atoms with Crippen LogP contribution in [-0.2, 0) is 6.42 Å². The molecule has 3 nitrogen and oxygen atoms in total. The minimum Gasteiger partial charge on any atom is -0.497 e. The average molecular weight is 258 g/mol. The van der Waals surface area contributed by atoms with Crippen molar-refractivity contribution in [1.82, 2.24) is 4.90 Å². The van der Waals surface area contributed by atoms with Gasteiger partial charge in [-0.2, -0.15) is 5.26 Å². The normalized spacial score (nSPS) is 19.3. The van der Waals surface area contributed by atoms with E-state index in [0.717, 1.165) is 25.1 Å². The average Bonchev–Trinajstić information content (AvgIpc) is 2.87. The second-order valence-corrected chi connectivity index (χ2v) is 5.15. The number of likely N-dealkylation sites (tertiary alicyclic amines) is 1. The lowest BCUT2D eigenvalue weighted by molar-refractivity contribution is 0.250. The number of nitriles is 1. The molecule has 1 aliphatic heterocycles. The van der Waals surface area contributed by atoms with E-state index in [1.807, 2.05) is 6.07 Å². The highest BCUT2D eigenvalue weighted by atomic mass is 16.5. The molecule has 1 saturated heterocycles. The fourth-order valence-electron chi connectivity index (χ4n) is 2.85. The number of ether oxygens (including phenoxy) is 1. The van der Waals surface area contributed by atoms with Crippen molar-refractivity contribution in [2.24, 2.45) is 0 Å². The molecule has 1 aromatic carbocycles. The van der Waals surface area contributed by atoms with Crippen LogP contribution in [0.5, 0.6) is 5.75 Å². The fraction of sp³-hybridized carbons (Fsp3) is 0.562. The maximum atomic E-state index is 8.62. The molecular formula is C16H22N2O. The van der Waals surface area contributed by atoms with Crippen molar-refractivity contribution in [3.63, 3.8) is 0 Å². The van der Waals surface area contributed by atoms with Crippen molar-refractivity contribution in [1.29, 1.82) is 5.26 Å². The predicted octanol–water partition coefficient (Wildman–Crippen LogP) is 3.01. The Labute approximate surface area is 115 Å². The maximum Gasteiger partial charge on any atom is 0.119 e. The van der Waals surface area contributed by atoms with Crippen molar-refractivity contribution < 1.29 is 4.74 Å². The lowest BCUT2D eigenvalue weighted by Crippen LogP contribution is -2.32. The highest BCUT2D eigenvalue weighted by Crippen LogP contribution is 2.23. The number of unbranched alkanes of at least 4 members (excludes halogenated alkanes) is 1. The fourth-order valence-corrected chi connectivity index (χ4v) is 2.85. The van der Waals surface area contributed by atoms with E-state index in [1.54, 1.807) is 7.11 Å². The molecule has 1 fully saturated rings. The highest BCUT2D eigenvalue weighted by Gasteiger charge is 2.23. The SMILES string of the molecule is COc1cccc(C[C@@H]2CCCN2CCCC#N)c1. The van der Waals surface area contributed by atoms with Gasteiger partial charge >= 0.3 is 0 Å². The van der Waals surface area contributed by atoms with Crippen LogP contribution in [0, 0.1) is 11.3 Å². The Morgan fingerprint density at radius 2 is 2.37 bits per heavy atom. The zero-order chi connectivity index (χ0) is 13.5. The summed E-state index contributed by atoms with van der Waals surface area (Å²) < 4.78 is 5.28. The Balaban J connectivity index is 1.91. The first kappa shape index (κ1) is 13.9. The Kier molecular flexibility index (Phi) is 5.23. The third kappa shape index (κ3) is 3.97. The van der Waals surface area contributed by atoms with Gasteiger partial charge in [0.25, 0.3) is 0 Å². The third-order valence-electron chi connectivity index (χ3n) is 3.84. The standard InChI is InChI=1S/C16H22N2O/c1-19-16-8-4-6-14(13-16)12-15-7-5-11-18(15)10-3-2-9-17/h4,6,8,13,15H,2-3,5,7,10-12H2,1H3/t15-/m0/s1. The first-order valence-corrected chi connectivity index (χ1v) is 7.07. The molecule has 1 heterocycles. The first-order valence-electron chi connectivity index (χ1n) is 7.07. The molecule has 1 aromatic rings. The minimum absolute atomic E-state index is 0.630. The number of benzene rings is 1. The van der Waals surface area contributed by atoms with Crippen LogP contribution in [0.2, 0.25) is 0 Å². The van der Waals surface area contributed by atoms with Crippen molar-refractivity contribution in [3.8, 4) is 11.8 Å². The highest BCUT2D eigenvalue weighted by molar-refractivity contribution is 5.29. The number of hydrogen-bond donors (Lipinski definition) is 0. The van der Waals surface area contributed by atoms with Crippen molar-refractivity contribution in [2.75, 3.05) is 20.2 Å². The van der Waals surface area contributed by atoms with Crippen molar-refractivity contribution in [3.05, 3.63) is 29.8 Å². The summed E-state index contributed by atoms with van der Waals surface area (Å²) in [6, 6.07) is 11.2. The van der Waals surface area contributed by atoms with E-state index in [1.165, 1.54) is 24.9 Å². The van der Waals surface area contributed by atoms with Crippen LogP contribution in [0.4, 0.5) is 0 Å². The van der Waals surface area contributed by atoms with Crippen LogP contribution >= 0.6 is 0 Å². The third-order valence-corrected chi connectivity index (χ3v) is 3.84. The van der Waals surface area contributed by atoms with Crippen LogP contribution in [0.1, 0.15) is 31.2 Å². The molecule has 0 radical (unpaired) electrons. The van der Waals surface area contributed by atoms with E-state index in [4.69, 9.17) is 10.00 Å². The molecule has 19 heavy (non-hydrogen) atoms. The largest absolute Gasteiger partial charge is 0.497 e. The quantitative estimate of drug-likeness (QED) is 0.736. The molecule has 0 bridgehead atoms. The second kappa shape index (κ2) is 7.16. The number of nitrogens with zero attached hydrogens (tertiary/aromatic N) is 2. The summed E-state index contributed by atoms with van der Waals surface area (Å²) in [6.45, 7) is 2.24. The van der Waals surface area contributed by atoms with Gasteiger partial charge in [0.05, 0.1) is 13.2 Å². The molecule has 0 spiro atoms. The Hall–Kier alpha value is -1.53. The van der Waals surface area contributed by atoms with Crippen LogP contribution in [0.25, 0.3) is 0 Å². The summed E-state index contributed by atoms with van der Waals surface area (Å²) in [5, 5.41) is 8.62. The molecule has 1 atom stereocenters. The summed E-state index contributed by atoms with van der Waals surface area (Å²) in [5.41, 5.74) is 1.34. The molecule has 0 N–H and O–H groups in total. The monoisotopic (exact) mass is 258 g/mol. The number of hydrogen-bond acceptors (Lipinski definition) is 3. The molecule has 3 heteroatoms. The molecule has 1 aliphatic rings. The predicted molar refractivity (Wildman–Crippen MR) is 76.1 cm³/mol. The van der Waals surface area contributed by atoms with E-state index in [-0.39, 0.29) is 0 Å². The van der Waals surface area contributed by atoms with Gasteiger partial charge in [-0.05, 0) is 56.5 Å². The molecule has 102 valence electrons. The van der Waals surface area contributed by atoms with Gasteiger partial charge in [-0.15, -0.1) is 0 Å². The maximum absolute atomic E-state index is 8.62. The van der Waals surface area contributed by atoms with E-state index in [9.17, 15) is 0 Å². The lowest BCUT2D eigenvalue weighted by Gasteiger charge is -2.24. The topological polar surface area (TPSA) is 36.3 Å². The van der Waals surface area contributed by atoms with Gasteiger partial charge in [-0.25, -0.2) is 0 Å². The second-order valence-electron chi connectivity index (χ2n) is 5.15. The van der Waals surface area contributed by atoms with Gasteiger partial charge in [0.1, 0.15) is 5.75 Å². The summed E-state index contributed by atoms with van der Waals surface area (Å²) >= 11 is 0. The van der Waals surface area contributed by atoms with Gasteiger partial charge in [0.2, 0.25) is 0 Å². The molecule has 0 aliphatic carbocycles. The summed E-state index contributed by atoms with van der Waals surface area (Å²) in [5.74, 6) is 0.937. The molecule has 0 aromatic heterocycles. The molecule has 0 saturated carbocycles. The van der Waals surface area contributed by atoms with E-state index < -0.39 is 0 Å². The molecular weight excluding hydrogens is 236 g/mol. The van der Waals surface area contributed by atoms with Gasteiger partial charge in [0, 0.05) is 12.5 Å². The van der Waals surface area contributed by atoms with Crippen molar-refractivity contribution >= 4 is 0 Å². The van der Waals surface area contributed by atoms with Crippen LogP contribution in [0.3, 0.4) is 0 Å². The Morgan fingerprint density at radius 1 is 1.47 bits per heavy atom. The van der Waals surface area contributed by atoms with E-state index in [2.05, 4.69) is 29.2 Å². The van der Waals surface area contributed by atoms with Crippen molar-refractivity contribution in [2.45, 2.75) is 38.1 Å². The minimum atomic E-state index is 0.630. The molecule has 0 unspecified atom stereocenters. The number of methoxy groups -OCH3 is 1. The van der Waals surface area contributed by atoms with Crippen LogP contribution < -0.4 is 4.74 Å². The summed E-state index contributed by atoms with van der Waals surface area (Å²) in [6.07, 6.45) is 5.29. The van der Waals surface area contributed by atoms with Crippen LogP contribution in [0.15, 0.2) is 24.3 Å². The van der Waals surface area contributed by atoms with Crippen LogP contribution in [-0.4, -0.2) is 31.1 Å². The molecule has 2 rings (SSSR count).